The highest BCUT2D eigenvalue weighted by Gasteiger charge is 2.51. The summed E-state index contributed by atoms with van der Waals surface area (Å²) in [4.78, 5) is 12.6. The van der Waals surface area contributed by atoms with E-state index in [9.17, 15) is 9.90 Å². The van der Waals surface area contributed by atoms with Gasteiger partial charge in [-0.25, -0.2) is 0 Å². The van der Waals surface area contributed by atoms with E-state index in [4.69, 9.17) is 0 Å². The van der Waals surface area contributed by atoms with Crippen molar-refractivity contribution in [2.75, 3.05) is 21.1 Å². The monoisotopic (exact) mass is 239 g/mol. The van der Waals surface area contributed by atoms with E-state index in [0.717, 1.165) is 19.3 Å². The van der Waals surface area contributed by atoms with E-state index in [1.54, 1.807) is 0 Å². The van der Waals surface area contributed by atoms with Gasteiger partial charge in [0.2, 0.25) is 0 Å². The first-order valence-corrected chi connectivity index (χ1v) is 6.89. The molecule has 0 aromatic carbocycles. The zero-order chi connectivity index (χ0) is 12.6. The molecule has 0 heterocycles. The summed E-state index contributed by atoms with van der Waals surface area (Å²) in [5.41, 5.74) is -0.394. The Labute approximate surface area is 104 Å². The zero-order valence-electron chi connectivity index (χ0n) is 11.3. The van der Waals surface area contributed by atoms with Gasteiger partial charge in [0.1, 0.15) is 0 Å². The fraction of sp³-hybridized carbons (Fsp3) is 0.929. The molecule has 4 rings (SSSR count). The molecule has 0 saturated heterocycles. The first-order valence-electron chi connectivity index (χ1n) is 6.89. The van der Waals surface area contributed by atoms with Gasteiger partial charge in [0.15, 0.2) is 0 Å². The summed E-state index contributed by atoms with van der Waals surface area (Å²) in [5.74, 6) is 1.38. The van der Waals surface area contributed by atoms with Crippen LogP contribution >= 0.6 is 0 Å². The minimum Gasteiger partial charge on any atom is -0.550 e. The Morgan fingerprint density at radius 2 is 1.29 bits per heavy atom. The van der Waals surface area contributed by atoms with E-state index in [1.165, 1.54) is 24.2 Å². The summed E-state index contributed by atoms with van der Waals surface area (Å²) in [5, 5.41) is 11.1. The van der Waals surface area contributed by atoms with E-state index in [0.29, 0.717) is 17.8 Å². The van der Waals surface area contributed by atoms with Crippen molar-refractivity contribution in [1.29, 1.82) is 0 Å². The molecule has 0 amide bonds. The molecule has 0 aliphatic heterocycles. The SMILES string of the molecule is C[NH+](C)C.O=C([O-])C12CC3CC(CC(C3)C1)C2. The topological polar surface area (TPSA) is 44.6 Å². The Bertz CT molecular complexity index is 261. The average Bonchev–Trinajstić information content (AvgIpc) is 2.13. The molecule has 1 N–H and O–H groups in total. The third-order valence-corrected chi connectivity index (χ3v) is 4.47. The maximum atomic E-state index is 11.1. The van der Waals surface area contributed by atoms with Crippen LogP contribution in [0.1, 0.15) is 38.5 Å². The lowest BCUT2D eigenvalue weighted by Gasteiger charge is -2.57. The van der Waals surface area contributed by atoms with Gasteiger partial charge in [0.25, 0.3) is 0 Å². The number of hydrogen-bond acceptors (Lipinski definition) is 2. The third kappa shape index (κ3) is 2.65. The molecule has 3 heteroatoms. The molecular formula is C14H25NO2. The lowest BCUT2D eigenvalue weighted by molar-refractivity contribution is -0.836. The Kier molecular flexibility index (Phi) is 3.48. The van der Waals surface area contributed by atoms with Gasteiger partial charge in [-0.2, -0.15) is 0 Å². The van der Waals surface area contributed by atoms with Crippen LogP contribution in [0.2, 0.25) is 0 Å². The van der Waals surface area contributed by atoms with Gasteiger partial charge < -0.3 is 14.8 Å². The van der Waals surface area contributed by atoms with Crippen LogP contribution in [-0.2, 0) is 4.79 Å². The van der Waals surface area contributed by atoms with Crippen LogP contribution in [0, 0.1) is 23.2 Å². The molecule has 0 atom stereocenters. The largest absolute Gasteiger partial charge is 0.550 e. The molecule has 0 aromatic rings. The van der Waals surface area contributed by atoms with Gasteiger partial charge in [-0.1, -0.05) is 0 Å². The first-order chi connectivity index (χ1) is 7.91. The van der Waals surface area contributed by atoms with E-state index < -0.39 is 11.4 Å². The van der Waals surface area contributed by atoms with Gasteiger partial charge in [-0.05, 0) is 56.3 Å². The molecule has 98 valence electrons. The normalized spacial score (nSPS) is 42.2. The maximum Gasteiger partial charge on any atom is 0.0661 e. The number of hydrogen-bond donors (Lipinski definition) is 1. The molecule has 0 radical (unpaired) electrons. The van der Waals surface area contributed by atoms with Crippen molar-refractivity contribution < 1.29 is 14.8 Å². The Morgan fingerprint density at radius 3 is 1.53 bits per heavy atom. The lowest BCUT2D eigenvalue weighted by Crippen LogP contribution is -3.02. The van der Waals surface area contributed by atoms with Crippen LogP contribution in [0.4, 0.5) is 0 Å². The molecule has 4 aliphatic carbocycles. The van der Waals surface area contributed by atoms with Crippen molar-refractivity contribution in [3.05, 3.63) is 0 Å². The third-order valence-electron chi connectivity index (χ3n) is 4.47. The number of quaternary nitrogens is 1. The predicted octanol–water partition coefficient (Wildman–Crippen LogP) is -0.287. The maximum absolute atomic E-state index is 11.1. The Hall–Kier alpha value is -0.570. The van der Waals surface area contributed by atoms with Gasteiger partial charge in [0, 0.05) is 11.4 Å². The minimum absolute atomic E-state index is 0.394. The van der Waals surface area contributed by atoms with E-state index in [1.807, 2.05) is 0 Å². The average molecular weight is 239 g/mol. The van der Waals surface area contributed by atoms with Gasteiger partial charge in [0.05, 0.1) is 21.1 Å². The summed E-state index contributed by atoms with van der Waals surface area (Å²) < 4.78 is 0. The highest BCUT2D eigenvalue weighted by Crippen LogP contribution is 2.59. The van der Waals surface area contributed by atoms with Crippen LogP contribution < -0.4 is 10.0 Å². The number of carboxylic acids is 1. The second-order valence-electron chi connectivity index (χ2n) is 6.99. The standard InChI is InChI=1S/C11H16O2.C3H9N/c12-10(13)11-4-7-1-8(5-11)3-9(2-7)6-11;1-4(2)3/h7-9H,1-6H2,(H,12,13);1-3H3. The first kappa shape index (κ1) is 12.9. The van der Waals surface area contributed by atoms with Gasteiger partial charge in [-0.3, -0.25) is 0 Å². The Balaban J connectivity index is 0.000000239. The smallest absolute Gasteiger partial charge is 0.0661 e. The van der Waals surface area contributed by atoms with Gasteiger partial charge in [-0.15, -0.1) is 0 Å². The highest BCUT2D eigenvalue weighted by atomic mass is 16.4. The lowest BCUT2D eigenvalue weighted by atomic mass is 9.49. The molecule has 4 aliphatic rings. The summed E-state index contributed by atoms with van der Waals surface area (Å²) in [6.07, 6.45) is 6.65. The Morgan fingerprint density at radius 1 is 1.00 bits per heavy atom. The second-order valence-corrected chi connectivity index (χ2v) is 6.99. The van der Waals surface area contributed by atoms with E-state index in [2.05, 4.69) is 21.1 Å². The summed E-state index contributed by atoms with van der Waals surface area (Å²) in [7, 11) is 6.25. The number of rotatable bonds is 1. The summed E-state index contributed by atoms with van der Waals surface area (Å²) in [6, 6.07) is 0. The number of carboxylic acid groups (broad SMARTS) is 1. The molecular weight excluding hydrogens is 214 g/mol. The van der Waals surface area contributed by atoms with E-state index >= 15 is 0 Å². The van der Waals surface area contributed by atoms with Crippen molar-refractivity contribution in [2.24, 2.45) is 23.2 Å². The number of nitrogens with one attached hydrogen (secondary N) is 1. The van der Waals surface area contributed by atoms with Crippen LogP contribution in [0.3, 0.4) is 0 Å². The quantitative estimate of drug-likeness (QED) is 0.683. The molecule has 0 spiro atoms. The number of carbonyl (C=O) groups excluding carboxylic acids is 1. The fourth-order valence-electron chi connectivity index (χ4n) is 4.36. The molecule has 17 heavy (non-hydrogen) atoms. The predicted molar refractivity (Wildman–Crippen MR) is 64.3 cm³/mol. The molecule has 4 saturated carbocycles. The van der Waals surface area contributed by atoms with Crippen molar-refractivity contribution in [3.63, 3.8) is 0 Å². The van der Waals surface area contributed by atoms with Crippen molar-refractivity contribution in [1.82, 2.24) is 0 Å². The van der Waals surface area contributed by atoms with Crippen molar-refractivity contribution in [3.8, 4) is 0 Å². The second kappa shape index (κ2) is 4.60. The van der Waals surface area contributed by atoms with Crippen LogP contribution in [0.5, 0.6) is 0 Å². The molecule has 3 nitrogen and oxygen atoms in total. The molecule has 4 fully saturated rings. The molecule has 0 unspecified atom stereocenters. The molecule has 0 aromatic heterocycles. The van der Waals surface area contributed by atoms with E-state index in [-0.39, 0.29) is 0 Å². The fourth-order valence-corrected chi connectivity index (χ4v) is 4.36. The summed E-state index contributed by atoms with van der Waals surface area (Å²) in [6.45, 7) is 0. The van der Waals surface area contributed by atoms with Gasteiger partial charge >= 0.3 is 0 Å². The summed E-state index contributed by atoms with van der Waals surface area (Å²) >= 11 is 0. The number of aliphatic carboxylic acids is 1. The zero-order valence-corrected chi connectivity index (χ0v) is 11.3. The highest BCUT2D eigenvalue weighted by molar-refractivity contribution is 5.73. The van der Waals surface area contributed by atoms with Crippen LogP contribution in [0.25, 0.3) is 0 Å². The van der Waals surface area contributed by atoms with Crippen LogP contribution in [-0.4, -0.2) is 27.1 Å². The number of carbonyl (C=O) groups is 1. The van der Waals surface area contributed by atoms with Crippen molar-refractivity contribution in [2.45, 2.75) is 38.5 Å². The molecule has 4 bridgehead atoms. The van der Waals surface area contributed by atoms with Crippen molar-refractivity contribution >= 4 is 5.97 Å². The minimum atomic E-state index is -0.758. The van der Waals surface area contributed by atoms with Crippen LogP contribution in [0.15, 0.2) is 0 Å².